The van der Waals surface area contributed by atoms with Gasteiger partial charge in [0.2, 0.25) is 0 Å². The van der Waals surface area contributed by atoms with Crippen LogP contribution in [0.5, 0.6) is 11.5 Å². The van der Waals surface area contributed by atoms with Gasteiger partial charge in [0.05, 0.1) is 14.2 Å². The van der Waals surface area contributed by atoms with Gasteiger partial charge in [-0.15, -0.1) is 12.4 Å². The number of ketones is 1. The fourth-order valence-electron chi connectivity index (χ4n) is 4.20. The summed E-state index contributed by atoms with van der Waals surface area (Å²) in [6.07, 6.45) is 0. The number of carbonyl (C=O) groups excluding carboxylic acids is 1. The van der Waals surface area contributed by atoms with Crippen LogP contribution in [0.25, 0.3) is 10.8 Å². The van der Waals surface area contributed by atoms with E-state index in [1.165, 1.54) is 0 Å². The maximum atomic E-state index is 13.6. The Morgan fingerprint density at radius 1 is 0.688 bits per heavy atom. The largest absolute Gasteiger partial charge is 0.497 e. The summed E-state index contributed by atoms with van der Waals surface area (Å²) in [4.78, 5) is 13.6. The highest BCUT2D eigenvalue weighted by molar-refractivity contribution is 6.01. The zero-order valence-electron chi connectivity index (χ0n) is 18.4. The average Bonchev–Trinajstić information content (AvgIpc) is 2.83. The third-order valence-electron chi connectivity index (χ3n) is 5.85. The number of carbonyl (C=O) groups is 1. The Labute approximate surface area is 195 Å². The van der Waals surface area contributed by atoms with Crippen LogP contribution in [0.4, 0.5) is 0 Å². The highest BCUT2D eigenvalue weighted by atomic mass is 35.5. The normalized spacial score (nSPS) is 11.6. The molecule has 1 atom stereocenters. The predicted molar refractivity (Wildman–Crippen MR) is 133 cm³/mol. The number of hydrogen-bond acceptors (Lipinski definition) is 3. The highest BCUT2D eigenvalue weighted by Gasteiger charge is 2.28. The van der Waals surface area contributed by atoms with E-state index in [1.54, 1.807) is 14.2 Å². The average molecular weight is 447 g/mol. The topological polar surface area (TPSA) is 35.5 Å². The van der Waals surface area contributed by atoms with Crippen molar-refractivity contribution >= 4 is 29.0 Å². The second kappa shape index (κ2) is 10.3. The second-order valence-electron chi connectivity index (χ2n) is 7.75. The lowest BCUT2D eigenvalue weighted by Crippen LogP contribution is -2.21. The van der Waals surface area contributed by atoms with Crippen molar-refractivity contribution in [1.82, 2.24) is 0 Å². The van der Waals surface area contributed by atoms with Crippen molar-refractivity contribution in [2.24, 2.45) is 5.92 Å². The molecule has 0 aromatic heterocycles. The van der Waals surface area contributed by atoms with E-state index in [9.17, 15) is 4.79 Å². The van der Waals surface area contributed by atoms with E-state index < -0.39 is 0 Å². The number of rotatable bonds is 7. The maximum Gasteiger partial charge on any atom is 0.166 e. The molecular formula is C28H27ClO3. The minimum absolute atomic E-state index is 0. The van der Waals surface area contributed by atoms with Gasteiger partial charge >= 0.3 is 0 Å². The van der Waals surface area contributed by atoms with Gasteiger partial charge in [0.25, 0.3) is 0 Å². The van der Waals surface area contributed by atoms with Gasteiger partial charge in [-0.1, -0.05) is 67.6 Å². The summed E-state index contributed by atoms with van der Waals surface area (Å²) >= 11 is 0. The highest BCUT2D eigenvalue weighted by Crippen LogP contribution is 2.37. The molecule has 0 N–H and O–H groups in total. The number of halogens is 1. The smallest absolute Gasteiger partial charge is 0.166 e. The molecule has 0 saturated heterocycles. The van der Waals surface area contributed by atoms with Crippen molar-refractivity contribution < 1.29 is 14.3 Å². The molecule has 4 aromatic carbocycles. The standard InChI is InChI=1S/C28H26O3.ClH/c1-19(28(29)24-15-14-20-8-4-5-9-21(20)16-24)27(22-10-6-12-25(17-22)30-2)23-11-7-13-26(18-23)31-3;/h4-19,27H,1-3H3;1H. The number of ether oxygens (including phenoxy) is 2. The van der Waals surface area contributed by atoms with Gasteiger partial charge in [-0.05, 0) is 52.2 Å². The molecule has 0 radical (unpaired) electrons. The molecule has 0 aliphatic carbocycles. The first-order chi connectivity index (χ1) is 15.1. The van der Waals surface area contributed by atoms with Crippen LogP contribution in [0.3, 0.4) is 0 Å². The number of methoxy groups -OCH3 is 2. The fourth-order valence-corrected chi connectivity index (χ4v) is 4.20. The van der Waals surface area contributed by atoms with Gasteiger partial charge < -0.3 is 9.47 Å². The summed E-state index contributed by atoms with van der Waals surface area (Å²) in [5.41, 5.74) is 2.80. The van der Waals surface area contributed by atoms with E-state index in [0.717, 1.165) is 39.0 Å². The van der Waals surface area contributed by atoms with Gasteiger partial charge in [-0.3, -0.25) is 4.79 Å². The minimum Gasteiger partial charge on any atom is -0.497 e. The van der Waals surface area contributed by atoms with Gasteiger partial charge in [0.1, 0.15) is 11.5 Å². The van der Waals surface area contributed by atoms with Crippen LogP contribution in [-0.2, 0) is 0 Å². The molecule has 0 bridgehead atoms. The molecule has 4 aromatic rings. The van der Waals surface area contributed by atoms with Crippen molar-refractivity contribution in [2.45, 2.75) is 12.8 Å². The first-order valence-electron chi connectivity index (χ1n) is 10.4. The van der Waals surface area contributed by atoms with Crippen LogP contribution in [-0.4, -0.2) is 20.0 Å². The lowest BCUT2D eigenvalue weighted by atomic mass is 9.78. The molecule has 0 saturated carbocycles. The Bertz CT molecular complexity index is 1170. The van der Waals surface area contributed by atoms with E-state index >= 15 is 0 Å². The summed E-state index contributed by atoms with van der Waals surface area (Å²) in [5.74, 6) is 1.25. The fraction of sp³-hybridized carbons (Fsp3) is 0.179. The minimum atomic E-state index is -0.277. The van der Waals surface area contributed by atoms with E-state index in [0.29, 0.717) is 0 Å². The molecule has 32 heavy (non-hydrogen) atoms. The Morgan fingerprint density at radius 3 is 1.81 bits per heavy atom. The van der Waals surface area contributed by atoms with Crippen LogP contribution in [0, 0.1) is 5.92 Å². The Hall–Kier alpha value is -3.30. The van der Waals surface area contributed by atoms with Crippen molar-refractivity contribution in [3.63, 3.8) is 0 Å². The third kappa shape index (κ3) is 4.79. The first kappa shape index (κ1) is 23.4. The van der Waals surface area contributed by atoms with E-state index in [4.69, 9.17) is 9.47 Å². The molecule has 0 aliphatic heterocycles. The molecule has 0 spiro atoms. The van der Waals surface area contributed by atoms with Crippen LogP contribution < -0.4 is 9.47 Å². The Kier molecular flexibility index (Phi) is 7.55. The van der Waals surface area contributed by atoms with Gasteiger partial charge in [0, 0.05) is 17.4 Å². The number of hydrogen-bond donors (Lipinski definition) is 0. The predicted octanol–water partition coefficient (Wildman–Crippen LogP) is 6.93. The Balaban J connectivity index is 0.00000289. The van der Waals surface area contributed by atoms with E-state index in [2.05, 4.69) is 18.2 Å². The Morgan fingerprint density at radius 2 is 1.25 bits per heavy atom. The quantitative estimate of drug-likeness (QED) is 0.289. The third-order valence-corrected chi connectivity index (χ3v) is 5.85. The molecular weight excluding hydrogens is 420 g/mol. The monoisotopic (exact) mass is 446 g/mol. The lowest BCUT2D eigenvalue weighted by molar-refractivity contribution is 0.0919. The van der Waals surface area contributed by atoms with Crippen molar-refractivity contribution in [1.29, 1.82) is 0 Å². The molecule has 1 unspecified atom stereocenters. The summed E-state index contributed by atoms with van der Waals surface area (Å²) in [6.45, 7) is 2.00. The van der Waals surface area contributed by atoms with Crippen molar-refractivity contribution in [3.8, 4) is 11.5 Å². The van der Waals surface area contributed by atoms with Gasteiger partial charge in [-0.2, -0.15) is 0 Å². The SMILES string of the molecule is COc1cccc(C(c2cccc(OC)c2)C(C)C(=O)c2ccc3ccccc3c2)c1.Cl. The van der Waals surface area contributed by atoms with Gasteiger partial charge in [-0.25, -0.2) is 0 Å². The molecule has 0 amide bonds. The molecule has 4 heteroatoms. The lowest BCUT2D eigenvalue weighted by Gasteiger charge is -2.25. The zero-order valence-corrected chi connectivity index (χ0v) is 19.3. The second-order valence-corrected chi connectivity index (χ2v) is 7.75. The first-order valence-corrected chi connectivity index (χ1v) is 10.4. The summed E-state index contributed by atoms with van der Waals surface area (Å²) in [6, 6.07) is 29.9. The molecule has 164 valence electrons. The summed E-state index contributed by atoms with van der Waals surface area (Å²) in [7, 11) is 3.31. The molecule has 0 heterocycles. The van der Waals surface area contributed by atoms with E-state index in [-0.39, 0.29) is 30.0 Å². The van der Waals surface area contributed by atoms with Crippen LogP contribution in [0.1, 0.15) is 34.3 Å². The van der Waals surface area contributed by atoms with E-state index in [1.807, 2.05) is 79.7 Å². The van der Waals surface area contributed by atoms with Gasteiger partial charge in [0.15, 0.2) is 5.78 Å². The van der Waals surface area contributed by atoms with Crippen LogP contribution >= 0.6 is 12.4 Å². The molecule has 3 nitrogen and oxygen atoms in total. The molecule has 0 aliphatic rings. The molecule has 0 fully saturated rings. The van der Waals surface area contributed by atoms with Crippen molar-refractivity contribution in [2.75, 3.05) is 14.2 Å². The number of fused-ring (bicyclic) bond motifs is 1. The van der Waals surface area contributed by atoms with Crippen molar-refractivity contribution in [3.05, 3.63) is 108 Å². The summed E-state index contributed by atoms with van der Waals surface area (Å²) in [5, 5.41) is 2.20. The van der Waals surface area contributed by atoms with Crippen LogP contribution in [0.15, 0.2) is 91.0 Å². The number of Topliss-reactive ketones (excluding diaryl/α,β-unsaturated/α-hetero) is 1. The summed E-state index contributed by atoms with van der Waals surface area (Å²) < 4.78 is 10.9. The van der Waals surface area contributed by atoms with Crippen LogP contribution in [0.2, 0.25) is 0 Å². The maximum absolute atomic E-state index is 13.6. The molecule has 4 rings (SSSR count). The zero-order chi connectivity index (χ0) is 21.8. The number of benzene rings is 4.